The highest BCUT2D eigenvalue weighted by Crippen LogP contribution is 2.28. The minimum atomic E-state index is -0.187. The molecule has 0 unspecified atom stereocenters. The highest BCUT2D eigenvalue weighted by atomic mass is 16.3. The lowest BCUT2D eigenvalue weighted by Gasteiger charge is -2.33. The number of aliphatic hydroxyl groups is 1. The summed E-state index contributed by atoms with van der Waals surface area (Å²) >= 11 is 0. The Balaban J connectivity index is 1.31. The van der Waals surface area contributed by atoms with Gasteiger partial charge in [0.05, 0.1) is 17.1 Å². The summed E-state index contributed by atoms with van der Waals surface area (Å²) in [5, 5.41) is 12.7. The molecule has 0 radical (unpaired) electrons. The molecular formula is C19H26N4O2. The van der Waals surface area contributed by atoms with E-state index in [1.807, 2.05) is 23.1 Å². The van der Waals surface area contributed by atoms with Crippen molar-refractivity contribution in [3.63, 3.8) is 0 Å². The first-order valence-corrected chi connectivity index (χ1v) is 9.37. The largest absolute Gasteiger partial charge is 0.393 e. The Morgan fingerprint density at radius 3 is 2.56 bits per heavy atom. The Kier molecular flexibility index (Phi) is 4.61. The first-order chi connectivity index (χ1) is 12.2. The number of carbonyl (C=O) groups is 1. The smallest absolute Gasteiger partial charge is 0.317 e. The lowest BCUT2D eigenvalue weighted by atomic mass is 9.93. The minimum absolute atomic E-state index is 0.0458. The van der Waals surface area contributed by atoms with Crippen LogP contribution in [0.4, 0.5) is 4.79 Å². The van der Waals surface area contributed by atoms with E-state index in [9.17, 15) is 9.90 Å². The summed E-state index contributed by atoms with van der Waals surface area (Å²) in [6.07, 6.45) is 5.03. The van der Waals surface area contributed by atoms with E-state index >= 15 is 0 Å². The maximum Gasteiger partial charge on any atom is 0.317 e. The number of hydrogen-bond donors (Lipinski definition) is 3. The first-order valence-electron chi connectivity index (χ1n) is 9.37. The van der Waals surface area contributed by atoms with E-state index in [4.69, 9.17) is 4.98 Å². The van der Waals surface area contributed by atoms with Gasteiger partial charge in [0.25, 0.3) is 0 Å². The molecule has 4 rings (SSSR count). The molecular weight excluding hydrogens is 316 g/mol. The highest BCUT2D eigenvalue weighted by Gasteiger charge is 2.28. The normalized spacial score (nSPS) is 25.2. The molecule has 1 aromatic carbocycles. The molecule has 3 N–H and O–H groups in total. The number of carbonyl (C=O) groups excluding carboxylic acids is 1. The van der Waals surface area contributed by atoms with Gasteiger partial charge < -0.3 is 20.3 Å². The SMILES string of the molecule is O=C(NC1CCC(O)CC1)N1CCC(c2nc3ccccc3[nH]2)CC1. The van der Waals surface area contributed by atoms with Gasteiger partial charge in [-0.25, -0.2) is 9.78 Å². The molecule has 1 saturated heterocycles. The van der Waals surface area contributed by atoms with Gasteiger partial charge in [-0.1, -0.05) is 12.1 Å². The number of urea groups is 1. The van der Waals surface area contributed by atoms with E-state index in [0.29, 0.717) is 5.92 Å². The average molecular weight is 342 g/mol. The number of piperidine rings is 1. The van der Waals surface area contributed by atoms with Gasteiger partial charge in [0, 0.05) is 25.0 Å². The molecule has 6 heteroatoms. The van der Waals surface area contributed by atoms with E-state index < -0.39 is 0 Å². The molecule has 1 aliphatic carbocycles. The van der Waals surface area contributed by atoms with Crippen LogP contribution >= 0.6 is 0 Å². The molecule has 2 heterocycles. The topological polar surface area (TPSA) is 81.2 Å². The molecule has 1 aromatic heterocycles. The van der Waals surface area contributed by atoms with Crippen molar-refractivity contribution in [2.24, 2.45) is 0 Å². The van der Waals surface area contributed by atoms with Crippen LogP contribution in [0.5, 0.6) is 0 Å². The van der Waals surface area contributed by atoms with E-state index in [1.165, 1.54) is 0 Å². The van der Waals surface area contributed by atoms with Gasteiger partial charge in [-0.2, -0.15) is 0 Å². The number of hydrogen-bond acceptors (Lipinski definition) is 3. The van der Waals surface area contributed by atoms with Crippen LogP contribution in [0.3, 0.4) is 0 Å². The van der Waals surface area contributed by atoms with Gasteiger partial charge in [0.15, 0.2) is 0 Å². The maximum absolute atomic E-state index is 12.5. The van der Waals surface area contributed by atoms with Gasteiger partial charge in [-0.15, -0.1) is 0 Å². The van der Waals surface area contributed by atoms with Crippen LogP contribution in [0.1, 0.15) is 50.3 Å². The number of likely N-dealkylation sites (tertiary alicyclic amines) is 1. The fourth-order valence-electron chi connectivity index (χ4n) is 4.01. The van der Waals surface area contributed by atoms with Crippen molar-refractivity contribution in [2.45, 2.75) is 56.6 Å². The van der Waals surface area contributed by atoms with Gasteiger partial charge in [-0.3, -0.25) is 0 Å². The zero-order chi connectivity index (χ0) is 17.2. The molecule has 2 amide bonds. The zero-order valence-corrected chi connectivity index (χ0v) is 14.4. The zero-order valence-electron chi connectivity index (χ0n) is 14.4. The van der Waals surface area contributed by atoms with Crippen LogP contribution in [0.2, 0.25) is 0 Å². The number of rotatable bonds is 2. The molecule has 1 aliphatic heterocycles. The number of H-pyrrole nitrogens is 1. The van der Waals surface area contributed by atoms with E-state index in [1.54, 1.807) is 0 Å². The van der Waals surface area contributed by atoms with Crippen molar-refractivity contribution >= 4 is 17.1 Å². The second-order valence-corrected chi connectivity index (χ2v) is 7.36. The van der Waals surface area contributed by atoms with Gasteiger partial charge >= 0.3 is 6.03 Å². The molecule has 2 aromatic rings. The molecule has 6 nitrogen and oxygen atoms in total. The van der Waals surface area contributed by atoms with Gasteiger partial charge in [-0.05, 0) is 50.7 Å². The van der Waals surface area contributed by atoms with Crippen LogP contribution in [0.15, 0.2) is 24.3 Å². The van der Waals surface area contributed by atoms with Crippen molar-refractivity contribution in [3.05, 3.63) is 30.1 Å². The molecule has 2 fully saturated rings. The molecule has 0 bridgehead atoms. The minimum Gasteiger partial charge on any atom is -0.393 e. The Morgan fingerprint density at radius 1 is 1.12 bits per heavy atom. The van der Waals surface area contributed by atoms with Crippen molar-refractivity contribution in [1.29, 1.82) is 0 Å². The summed E-state index contributed by atoms with van der Waals surface area (Å²) in [7, 11) is 0. The second kappa shape index (κ2) is 7.04. The van der Waals surface area contributed by atoms with Crippen molar-refractivity contribution in [3.8, 4) is 0 Å². The molecule has 1 saturated carbocycles. The summed E-state index contributed by atoms with van der Waals surface area (Å²) < 4.78 is 0. The van der Waals surface area contributed by atoms with Gasteiger partial charge in [0.1, 0.15) is 5.82 Å². The Morgan fingerprint density at radius 2 is 1.84 bits per heavy atom. The molecule has 134 valence electrons. The lowest BCUT2D eigenvalue weighted by Crippen LogP contribution is -2.48. The number of nitrogens with one attached hydrogen (secondary N) is 2. The summed E-state index contributed by atoms with van der Waals surface area (Å²) in [5.74, 6) is 1.43. The van der Waals surface area contributed by atoms with Crippen LogP contribution in [0.25, 0.3) is 11.0 Å². The van der Waals surface area contributed by atoms with Crippen LogP contribution in [-0.4, -0.2) is 51.2 Å². The van der Waals surface area contributed by atoms with Crippen molar-refractivity contribution in [2.75, 3.05) is 13.1 Å². The third kappa shape index (κ3) is 3.63. The molecule has 0 atom stereocenters. The van der Waals surface area contributed by atoms with E-state index in [0.717, 1.165) is 68.5 Å². The predicted octanol–water partition coefficient (Wildman–Crippen LogP) is 2.76. The summed E-state index contributed by atoms with van der Waals surface area (Å²) in [5.41, 5.74) is 2.09. The van der Waals surface area contributed by atoms with Crippen LogP contribution < -0.4 is 5.32 Å². The highest BCUT2D eigenvalue weighted by molar-refractivity contribution is 5.75. The van der Waals surface area contributed by atoms with Gasteiger partial charge in [0.2, 0.25) is 0 Å². The second-order valence-electron chi connectivity index (χ2n) is 7.36. The Hall–Kier alpha value is -2.08. The Labute approximate surface area is 147 Å². The molecule has 0 spiro atoms. The van der Waals surface area contributed by atoms with Crippen molar-refractivity contribution < 1.29 is 9.90 Å². The number of amides is 2. The van der Waals surface area contributed by atoms with E-state index in [-0.39, 0.29) is 18.2 Å². The number of para-hydroxylation sites is 2. The number of nitrogens with zero attached hydrogens (tertiary/aromatic N) is 2. The molecule has 25 heavy (non-hydrogen) atoms. The standard InChI is InChI=1S/C19H26N4O2/c24-15-7-5-14(6-8-15)20-19(25)23-11-9-13(10-12-23)18-21-16-3-1-2-4-17(16)22-18/h1-4,13-15,24H,5-12H2,(H,20,25)(H,21,22). The summed E-state index contributed by atoms with van der Waals surface area (Å²) in [4.78, 5) is 22.5. The molecule has 2 aliphatic rings. The first kappa shape index (κ1) is 16.4. The Bertz CT molecular complexity index is 695. The quantitative estimate of drug-likeness (QED) is 0.785. The van der Waals surface area contributed by atoms with Crippen LogP contribution in [-0.2, 0) is 0 Å². The number of benzene rings is 1. The summed E-state index contributed by atoms with van der Waals surface area (Å²) in [6.45, 7) is 1.53. The number of aliphatic hydroxyl groups excluding tert-OH is 1. The fourth-order valence-corrected chi connectivity index (χ4v) is 4.01. The monoisotopic (exact) mass is 342 g/mol. The number of imidazole rings is 1. The number of aromatic nitrogens is 2. The number of aromatic amines is 1. The average Bonchev–Trinajstić information content (AvgIpc) is 3.08. The fraction of sp³-hybridized carbons (Fsp3) is 0.579. The lowest BCUT2D eigenvalue weighted by molar-refractivity contribution is 0.114. The van der Waals surface area contributed by atoms with E-state index in [2.05, 4.69) is 16.4 Å². The maximum atomic E-state index is 12.5. The third-order valence-electron chi connectivity index (χ3n) is 5.60. The van der Waals surface area contributed by atoms with Crippen molar-refractivity contribution in [1.82, 2.24) is 20.2 Å². The third-order valence-corrected chi connectivity index (χ3v) is 5.60. The number of fused-ring (bicyclic) bond motifs is 1. The predicted molar refractivity (Wildman–Crippen MR) is 96.4 cm³/mol. The summed E-state index contributed by atoms with van der Waals surface area (Å²) in [6, 6.07) is 8.36. The van der Waals surface area contributed by atoms with Crippen LogP contribution in [0, 0.1) is 0 Å².